The van der Waals surface area contributed by atoms with Crippen LogP contribution < -0.4 is 0 Å². The van der Waals surface area contributed by atoms with Gasteiger partial charge >= 0.3 is 5.97 Å². The van der Waals surface area contributed by atoms with Crippen LogP contribution in [0.4, 0.5) is 0 Å². The minimum Gasteiger partial charge on any atom is -0.478 e. The Balaban J connectivity index is 1.21. The first kappa shape index (κ1) is 39.9. The van der Waals surface area contributed by atoms with Gasteiger partial charge in [-0.05, 0) is 70.5 Å². The third-order valence-corrected chi connectivity index (χ3v) is 10.9. The van der Waals surface area contributed by atoms with E-state index in [1.165, 1.54) is 0 Å². The Bertz CT molecular complexity index is 2380. The van der Waals surface area contributed by atoms with Crippen LogP contribution in [0.2, 0.25) is 0 Å². The van der Waals surface area contributed by atoms with Crippen molar-refractivity contribution in [3.8, 4) is 0 Å². The van der Waals surface area contributed by atoms with Crippen LogP contribution in [0.1, 0.15) is 55.5 Å². The second kappa shape index (κ2) is 19.3. The van der Waals surface area contributed by atoms with Crippen molar-refractivity contribution in [1.29, 1.82) is 0 Å². The third kappa shape index (κ3) is 9.88. The zero-order chi connectivity index (χ0) is 40.4. The fraction of sp³-hybridized carbons (Fsp3) is 0.235. The molecule has 0 saturated carbocycles. The van der Waals surface area contributed by atoms with Crippen LogP contribution >= 0.6 is 0 Å². The monoisotopic (exact) mass is 787 g/mol. The quantitative estimate of drug-likeness (QED) is 0.0983. The number of fused-ring (bicyclic) bond motifs is 1. The molecule has 1 fully saturated rings. The summed E-state index contributed by atoms with van der Waals surface area (Å²) in [5, 5.41) is 10.7. The lowest BCUT2D eigenvalue weighted by Gasteiger charge is -2.46. The van der Waals surface area contributed by atoms with Gasteiger partial charge in [-0.1, -0.05) is 146 Å². The molecule has 59 heavy (non-hydrogen) atoms. The summed E-state index contributed by atoms with van der Waals surface area (Å²) in [7, 11) is 0. The van der Waals surface area contributed by atoms with Crippen LogP contribution in [-0.2, 0) is 56.5 Å². The first-order valence-corrected chi connectivity index (χ1v) is 20.1. The lowest BCUT2D eigenvalue weighted by atomic mass is 9.96. The van der Waals surface area contributed by atoms with Crippen LogP contribution in [-0.4, -0.2) is 46.7 Å². The van der Waals surface area contributed by atoms with Gasteiger partial charge in [0.15, 0.2) is 6.23 Å². The fourth-order valence-corrected chi connectivity index (χ4v) is 7.91. The molecule has 1 aliphatic rings. The summed E-state index contributed by atoms with van der Waals surface area (Å²) in [4.78, 5) is 11.6. The summed E-state index contributed by atoms with van der Waals surface area (Å²) in [6.07, 6.45) is -0.204. The van der Waals surface area contributed by atoms with E-state index in [1.807, 2.05) is 84.9 Å². The molecule has 8 nitrogen and oxygen atoms in total. The summed E-state index contributed by atoms with van der Waals surface area (Å²) in [6.45, 7) is 3.81. The molecule has 0 bridgehead atoms. The molecule has 1 aromatic heterocycles. The molecule has 8 heteroatoms. The lowest BCUT2D eigenvalue weighted by molar-refractivity contribution is -0.289. The van der Waals surface area contributed by atoms with Gasteiger partial charge < -0.3 is 33.4 Å². The van der Waals surface area contributed by atoms with E-state index in [0.717, 1.165) is 49.8 Å². The zero-order valence-corrected chi connectivity index (χ0v) is 33.1. The Morgan fingerprint density at radius 1 is 0.576 bits per heavy atom. The molecule has 1 N–H and O–H groups in total. The molecular formula is C51H49NO7. The molecule has 5 atom stereocenters. The van der Waals surface area contributed by atoms with E-state index in [2.05, 4.69) is 84.4 Å². The highest BCUT2D eigenvalue weighted by atomic mass is 16.6. The van der Waals surface area contributed by atoms with Crippen LogP contribution in [0.25, 0.3) is 10.9 Å². The molecule has 0 unspecified atom stereocenters. The molecular weight excluding hydrogens is 739 g/mol. The van der Waals surface area contributed by atoms with Gasteiger partial charge in [0.2, 0.25) is 0 Å². The van der Waals surface area contributed by atoms with Crippen LogP contribution in [0.15, 0.2) is 170 Å². The molecule has 0 spiro atoms. The highest BCUT2D eigenvalue weighted by Gasteiger charge is 2.49. The highest BCUT2D eigenvalue weighted by Crippen LogP contribution is 2.39. The molecule has 1 saturated heterocycles. The number of rotatable bonds is 17. The van der Waals surface area contributed by atoms with Crippen LogP contribution in [0.3, 0.4) is 0 Å². The van der Waals surface area contributed by atoms with Gasteiger partial charge in [-0.2, -0.15) is 0 Å². The Kier molecular flexibility index (Phi) is 13.0. The van der Waals surface area contributed by atoms with Crippen molar-refractivity contribution in [3.05, 3.63) is 214 Å². The van der Waals surface area contributed by atoms with E-state index in [9.17, 15) is 9.90 Å². The van der Waals surface area contributed by atoms with Crippen LogP contribution in [0.5, 0.6) is 0 Å². The van der Waals surface area contributed by atoms with E-state index < -0.39 is 36.6 Å². The van der Waals surface area contributed by atoms with Crippen molar-refractivity contribution in [3.63, 3.8) is 0 Å². The molecule has 0 radical (unpaired) electrons. The maximum atomic E-state index is 11.6. The van der Waals surface area contributed by atoms with Gasteiger partial charge in [0.1, 0.15) is 24.4 Å². The molecule has 1 aliphatic heterocycles. The maximum absolute atomic E-state index is 11.6. The van der Waals surface area contributed by atoms with Crippen molar-refractivity contribution in [2.24, 2.45) is 0 Å². The maximum Gasteiger partial charge on any atom is 0.335 e. The van der Waals surface area contributed by atoms with Gasteiger partial charge in [0, 0.05) is 11.6 Å². The average Bonchev–Trinajstić information content (AvgIpc) is 3.65. The minimum absolute atomic E-state index is 0.252. The first-order chi connectivity index (χ1) is 29.0. The first-order valence-electron chi connectivity index (χ1n) is 20.1. The number of ether oxygens (including phenoxy) is 5. The predicted molar refractivity (Wildman–Crippen MR) is 228 cm³/mol. The van der Waals surface area contributed by atoms with Gasteiger partial charge in [-0.15, -0.1) is 0 Å². The normalized spacial score (nSPS) is 19.2. The van der Waals surface area contributed by atoms with Crippen molar-refractivity contribution in [1.82, 2.24) is 4.57 Å². The molecule has 7 aromatic rings. The molecule has 6 aromatic carbocycles. The highest BCUT2D eigenvalue weighted by molar-refractivity contribution is 5.88. The number of aromatic carboxylic acids is 1. The number of hydrogen-bond donors (Lipinski definition) is 1. The Morgan fingerprint density at radius 3 is 1.63 bits per heavy atom. The number of nitrogens with zero attached hydrogens (tertiary/aromatic N) is 1. The molecule has 300 valence electrons. The van der Waals surface area contributed by atoms with Gasteiger partial charge in [0.25, 0.3) is 0 Å². The summed E-state index contributed by atoms with van der Waals surface area (Å²) in [5.74, 6) is -0.947. The Hall–Kier alpha value is -5.87. The number of carbonyl (C=O) groups is 1. The number of aromatic nitrogens is 1. The van der Waals surface area contributed by atoms with E-state index in [1.54, 1.807) is 12.1 Å². The Labute approximate surface area is 345 Å². The predicted octanol–water partition coefficient (Wildman–Crippen LogP) is 10.1. The number of aryl methyl sites for hydroxylation is 1. The average molecular weight is 788 g/mol. The fourth-order valence-electron chi connectivity index (χ4n) is 7.91. The van der Waals surface area contributed by atoms with Crippen molar-refractivity contribution in [2.75, 3.05) is 6.61 Å². The SMILES string of the molecule is Cc1cccc2c1c(Cc1ccc(C(=O)O)cc1)cn2[C@@H]1O[C@H](COCc2ccccc2)[C@@H](OCc2ccccc2)[C@H](OCc2ccccc2)[C@H]1OCc1ccccc1. The van der Waals surface area contributed by atoms with E-state index >= 15 is 0 Å². The van der Waals surface area contributed by atoms with Gasteiger partial charge in [-0.25, -0.2) is 4.79 Å². The Morgan fingerprint density at radius 2 is 1.08 bits per heavy atom. The number of carboxylic acids is 1. The standard InChI is InChI=1S/C51H49NO7/c1-36-15-14-24-44-46(36)43(29-37-25-27-42(28-26-37)51(53)54)30-52(44)50-49(58-34-41-22-12-5-13-23-41)48(57-33-40-20-10-4-11-21-40)47(56-32-39-18-8-3-9-19-39)45(59-50)35-55-31-38-16-6-2-7-17-38/h2-28,30,45,47-50H,29,31-35H2,1H3,(H,53,54)/t45-,47-,48+,49-,50-/m1/s1. The van der Waals surface area contributed by atoms with Gasteiger partial charge in [0.05, 0.1) is 44.1 Å². The topological polar surface area (TPSA) is 88.4 Å². The van der Waals surface area contributed by atoms with Crippen molar-refractivity contribution in [2.45, 2.75) is 70.4 Å². The lowest BCUT2D eigenvalue weighted by Crippen LogP contribution is -2.59. The van der Waals surface area contributed by atoms with Crippen molar-refractivity contribution >= 4 is 16.9 Å². The van der Waals surface area contributed by atoms with Gasteiger partial charge in [-0.3, -0.25) is 0 Å². The van der Waals surface area contributed by atoms with Crippen molar-refractivity contribution < 1.29 is 33.6 Å². The second-order valence-corrected chi connectivity index (χ2v) is 15.1. The molecule has 8 rings (SSSR count). The minimum atomic E-state index is -0.947. The molecule has 0 amide bonds. The number of hydrogen-bond acceptors (Lipinski definition) is 6. The van der Waals surface area contributed by atoms with Crippen LogP contribution in [0, 0.1) is 6.92 Å². The molecule has 0 aliphatic carbocycles. The van der Waals surface area contributed by atoms with E-state index in [-0.39, 0.29) is 12.2 Å². The number of benzene rings is 6. The largest absolute Gasteiger partial charge is 0.478 e. The molecule has 2 heterocycles. The smallest absolute Gasteiger partial charge is 0.335 e. The summed E-state index contributed by atoms with van der Waals surface area (Å²) in [6, 6.07) is 54.0. The zero-order valence-electron chi connectivity index (χ0n) is 33.1. The third-order valence-electron chi connectivity index (χ3n) is 10.9. The summed E-state index contributed by atoms with van der Waals surface area (Å²) in [5.41, 5.74) is 8.64. The second-order valence-electron chi connectivity index (χ2n) is 15.1. The summed E-state index contributed by atoms with van der Waals surface area (Å²) >= 11 is 0. The summed E-state index contributed by atoms with van der Waals surface area (Å²) < 4.78 is 36.9. The number of carboxylic acid groups (broad SMARTS) is 1. The van der Waals surface area contributed by atoms with E-state index in [4.69, 9.17) is 23.7 Å². The van der Waals surface area contributed by atoms with E-state index in [0.29, 0.717) is 32.8 Å².